The molecule has 0 bridgehead atoms. The second kappa shape index (κ2) is 10.3. The molecule has 1 aromatic heterocycles. The fraction of sp³-hybridized carbons (Fsp3) is 0.500. The zero-order chi connectivity index (χ0) is 18.9. The van der Waals surface area contributed by atoms with Crippen molar-refractivity contribution in [1.29, 1.82) is 0 Å². The molecule has 1 fully saturated rings. The Morgan fingerprint density at radius 1 is 1.22 bits per heavy atom. The topological polar surface area (TPSA) is 54.7 Å². The van der Waals surface area contributed by atoms with E-state index >= 15 is 0 Å². The van der Waals surface area contributed by atoms with Gasteiger partial charge in [-0.25, -0.2) is 0 Å². The van der Waals surface area contributed by atoms with Crippen molar-refractivity contribution in [3.8, 4) is 0 Å². The van der Waals surface area contributed by atoms with Gasteiger partial charge in [-0.3, -0.25) is 9.69 Å². The molecule has 0 spiro atoms. The number of carbonyl (C=O) groups excluding carboxylic acids is 1. The van der Waals surface area contributed by atoms with Crippen LogP contribution in [-0.2, 0) is 16.1 Å². The van der Waals surface area contributed by atoms with Crippen LogP contribution >= 0.6 is 0 Å². The van der Waals surface area contributed by atoms with Gasteiger partial charge in [0.2, 0.25) is 5.91 Å². The highest BCUT2D eigenvalue weighted by Crippen LogP contribution is 2.35. The van der Waals surface area contributed by atoms with Crippen LogP contribution in [0.4, 0.5) is 0 Å². The average Bonchev–Trinajstić information content (AvgIpc) is 3.39. The molecule has 1 aromatic carbocycles. The number of rotatable bonds is 10. The lowest BCUT2D eigenvalue weighted by molar-refractivity contribution is -0.123. The lowest BCUT2D eigenvalue weighted by Gasteiger charge is -2.27. The zero-order valence-electron chi connectivity index (χ0n) is 16.1. The first-order chi connectivity index (χ1) is 13.3. The molecular weight excluding hydrogens is 340 g/mol. The average molecular weight is 370 g/mol. The predicted molar refractivity (Wildman–Crippen MR) is 105 cm³/mol. The molecule has 27 heavy (non-hydrogen) atoms. The largest absolute Gasteiger partial charge is 0.468 e. The quantitative estimate of drug-likeness (QED) is 0.692. The highest BCUT2D eigenvalue weighted by molar-refractivity contribution is 5.78. The van der Waals surface area contributed by atoms with E-state index in [0.29, 0.717) is 32.2 Å². The molecule has 1 aliphatic rings. The first-order valence-corrected chi connectivity index (χ1v) is 9.84. The first-order valence-electron chi connectivity index (χ1n) is 9.84. The molecule has 5 heteroatoms. The number of methoxy groups -OCH3 is 1. The van der Waals surface area contributed by atoms with Crippen LogP contribution in [-0.4, -0.2) is 37.6 Å². The van der Waals surface area contributed by atoms with Crippen molar-refractivity contribution in [2.75, 3.05) is 26.8 Å². The maximum Gasteiger partial charge on any atom is 0.234 e. The van der Waals surface area contributed by atoms with Crippen LogP contribution in [0.15, 0.2) is 53.1 Å². The van der Waals surface area contributed by atoms with E-state index in [1.54, 1.807) is 13.4 Å². The summed E-state index contributed by atoms with van der Waals surface area (Å²) in [5, 5.41) is 3.31. The van der Waals surface area contributed by atoms with Crippen molar-refractivity contribution >= 4 is 5.91 Å². The van der Waals surface area contributed by atoms with Gasteiger partial charge in [-0.15, -0.1) is 0 Å². The van der Waals surface area contributed by atoms with Crippen LogP contribution in [0.3, 0.4) is 0 Å². The van der Waals surface area contributed by atoms with Gasteiger partial charge >= 0.3 is 0 Å². The Morgan fingerprint density at radius 3 is 2.67 bits per heavy atom. The highest BCUT2D eigenvalue weighted by atomic mass is 16.5. The standard InChI is InChI=1S/C22H30N2O3/c1-26-15-13-24(16-20-12-7-14-27-20)17-21(25)23-22(19-10-5-6-11-19)18-8-3-2-4-9-18/h2-4,7-9,12,14,19,22H,5-6,10-11,13,15-17H2,1H3,(H,23,25). The molecule has 2 aromatic rings. The minimum absolute atomic E-state index is 0.0541. The minimum atomic E-state index is 0.0541. The smallest absolute Gasteiger partial charge is 0.234 e. The van der Waals surface area contributed by atoms with E-state index in [2.05, 4.69) is 22.3 Å². The number of benzene rings is 1. The SMILES string of the molecule is COCCN(CC(=O)NC(c1ccccc1)C1CCCC1)Cc1ccco1. The van der Waals surface area contributed by atoms with Crippen molar-refractivity contribution in [3.05, 3.63) is 60.1 Å². The van der Waals surface area contributed by atoms with Gasteiger partial charge in [0.25, 0.3) is 0 Å². The zero-order valence-corrected chi connectivity index (χ0v) is 16.1. The molecule has 1 amide bonds. The molecule has 146 valence electrons. The van der Waals surface area contributed by atoms with Crippen LogP contribution in [0.2, 0.25) is 0 Å². The summed E-state index contributed by atoms with van der Waals surface area (Å²) in [6.45, 7) is 2.20. The molecule has 0 aliphatic heterocycles. The van der Waals surface area contributed by atoms with E-state index in [-0.39, 0.29) is 11.9 Å². The summed E-state index contributed by atoms with van der Waals surface area (Å²) in [4.78, 5) is 14.9. The molecule has 1 saturated carbocycles. The van der Waals surface area contributed by atoms with E-state index in [9.17, 15) is 4.79 Å². The highest BCUT2D eigenvalue weighted by Gasteiger charge is 2.28. The van der Waals surface area contributed by atoms with E-state index in [1.807, 2.05) is 30.3 Å². The number of nitrogens with one attached hydrogen (secondary N) is 1. The van der Waals surface area contributed by atoms with Crippen LogP contribution in [0.1, 0.15) is 43.0 Å². The molecule has 0 saturated heterocycles. The Labute approximate surface area is 161 Å². The fourth-order valence-electron chi connectivity index (χ4n) is 3.90. The molecule has 1 unspecified atom stereocenters. The lowest BCUT2D eigenvalue weighted by atomic mass is 9.91. The van der Waals surface area contributed by atoms with Gasteiger partial charge in [-0.05, 0) is 36.5 Å². The molecule has 1 N–H and O–H groups in total. The third-order valence-electron chi connectivity index (χ3n) is 5.28. The lowest BCUT2D eigenvalue weighted by Crippen LogP contribution is -2.41. The van der Waals surface area contributed by atoms with Gasteiger partial charge < -0.3 is 14.5 Å². The second-order valence-electron chi connectivity index (χ2n) is 7.28. The number of amides is 1. The third-order valence-corrected chi connectivity index (χ3v) is 5.28. The monoisotopic (exact) mass is 370 g/mol. The number of furan rings is 1. The van der Waals surface area contributed by atoms with E-state index < -0.39 is 0 Å². The molecule has 3 rings (SSSR count). The molecular formula is C22H30N2O3. The Bertz CT molecular complexity index is 666. The predicted octanol–water partition coefficient (Wildman–Crippen LogP) is 3.78. The molecule has 0 radical (unpaired) electrons. The van der Waals surface area contributed by atoms with Crippen molar-refractivity contribution < 1.29 is 13.9 Å². The summed E-state index contributed by atoms with van der Waals surface area (Å²) in [7, 11) is 1.68. The first kappa shape index (κ1) is 19.6. The van der Waals surface area contributed by atoms with Crippen LogP contribution in [0.25, 0.3) is 0 Å². The molecule has 1 heterocycles. The van der Waals surface area contributed by atoms with Crippen LogP contribution < -0.4 is 5.32 Å². The third kappa shape index (κ3) is 5.94. The Kier molecular flexibility index (Phi) is 7.48. The molecule has 1 atom stereocenters. The van der Waals surface area contributed by atoms with E-state index in [0.717, 1.165) is 5.76 Å². The summed E-state index contributed by atoms with van der Waals surface area (Å²) in [6.07, 6.45) is 6.53. The Hall–Kier alpha value is -2.11. The minimum Gasteiger partial charge on any atom is -0.468 e. The number of nitrogens with zero attached hydrogens (tertiary/aromatic N) is 1. The number of hydrogen-bond donors (Lipinski definition) is 1. The van der Waals surface area contributed by atoms with E-state index in [1.165, 1.54) is 31.2 Å². The second-order valence-corrected chi connectivity index (χ2v) is 7.28. The summed E-state index contributed by atoms with van der Waals surface area (Å²) in [5.74, 6) is 1.43. The Morgan fingerprint density at radius 2 is 2.00 bits per heavy atom. The number of ether oxygens (including phenoxy) is 1. The van der Waals surface area contributed by atoms with Crippen LogP contribution in [0, 0.1) is 5.92 Å². The van der Waals surface area contributed by atoms with Crippen molar-refractivity contribution in [2.24, 2.45) is 5.92 Å². The summed E-state index contributed by atoms with van der Waals surface area (Å²) in [6, 6.07) is 14.2. The van der Waals surface area contributed by atoms with Crippen LogP contribution in [0.5, 0.6) is 0 Å². The normalized spacial score (nSPS) is 15.9. The summed E-state index contributed by atoms with van der Waals surface area (Å²) < 4.78 is 10.6. The maximum absolute atomic E-state index is 12.9. The van der Waals surface area contributed by atoms with Gasteiger partial charge in [-0.2, -0.15) is 0 Å². The molecule has 5 nitrogen and oxygen atoms in total. The van der Waals surface area contributed by atoms with Crippen molar-refractivity contribution in [3.63, 3.8) is 0 Å². The number of carbonyl (C=O) groups is 1. The van der Waals surface area contributed by atoms with Gasteiger partial charge in [0.1, 0.15) is 5.76 Å². The summed E-state index contributed by atoms with van der Waals surface area (Å²) in [5.41, 5.74) is 1.20. The Balaban J connectivity index is 1.64. The summed E-state index contributed by atoms with van der Waals surface area (Å²) >= 11 is 0. The maximum atomic E-state index is 12.9. The molecule has 1 aliphatic carbocycles. The van der Waals surface area contributed by atoms with Crippen molar-refractivity contribution in [1.82, 2.24) is 10.2 Å². The van der Waals surface area contributed by atoms with Gasteiger partial charge in [0, 0.05) is 13.7 Å². The van der Waals surface area contributed by atoms with E-state index in [4.69, 9.17) is 9.15 Å². The van der Waals surface area contributed by atoms with Gasteiger partial charge in [-0.1, -0.05) is 43.2 Å². The van der Waals surface area contributed by atoms with Gasteiger partial charge in [0.05, 0.1) is 32.0 Å². The van der Waals surface area contributed by atoms with Gasteiger partial charge in [0.15, 0.2) is 0 Å². The number of hydrogen-bond acceptors (Lipinski definition) is 4. The van der Waals surface area contributed by atoms with Crippen molar-refractivity contribution in [2.45, 2.75) is 38.3 Å². The fourth-order valence-corrected chi connectivity index (χ4v) is 3.90.